The molecule has 0 bridgehead atoms. The van der Waals surface area contributed by atoms with Gasteiger partial charge in [0.1, 0.15) is 0 Å². The lowest BCUT2D eigenvalue weighted by molar-refractivity contribution is 0.139. The molecule has 2 fully saturated rings. The zero-order valence-electron chi connectivity index (χ0n) is 20.4. The average Bonchev–Trinajstić information content (AvgIpc) is 3.18. The van der Waals surface area contributed by atoms with Crippen LogP contribution in [-0.4, -0.2) is 45.9 Å². The molecule has 2 saturated carbocycles. The summed E-state index contributed by atoms with van der Waals surface area (Å²) in [7, 11) is 0. The molecule has 30 heavy (non-hydrogen) atoms. The van der Waals surface area contributed by atoms with E-state index in [2.05, 4.69) is 51.7 Å². The van der Waals surface area contributed by atoms with Gasteiger partial charge in [0.15, 0.2) is 0 Å². The molecule has 3 nitrogen and oxygen atoms in total. The van der Waals surface area contributed by atoms with Crippen LogP contribution in [-0.2, 0) is 0 Å². The molecule has 2 aliphatic rings. The highest BCUT2D eigenvalue weighted by atomic mass is 16.3. The van der Waals surface area contributed by atoms with E-state index in [4.69, 9.17) is 0 Å². The van der Waals surface area contributed by atoms with Crippen molar-refractivity contribution in [3.8, 4) is 0 Å². The van der Waals surface area contributed by atoms with Gasteiger partial charge in [-0.1, -0.05) is 50.0 Å². The molecule has 3 heteroatoms. The van der Waals surface area contributed by atoms with Crippen molar-refractivity contribution in [2.24, 2.45) is 17.8 Å². The van der Waals surface area contributed by atoms with Crippen LogP contribution in [0.1, 0.15) is 98.8 Å². The molecule has 0 spiro atoms. The fraction of sp³-hybridized carbons (Fsp3) is 0.852. The monoisotopic (exact) mass is 419 g/mol. The molecule has 174 valence electrons. The Morgan fingerprint density at radius 3 is 2.43 bits per heavy atom. The second kappa shape index (κ2) is 13.0. The summed E-state index contributed by atoms with van der Waals surface area (Å²) >= 11 is 0. The number of allylic oxidation sites excluding steroid dienone is 2. The number of hydrogen-bond donors (Lipinski definition) is 2. The van der Waals surface area contributed by atoms with E-state index < -0.39 is 0 Å². The Labute approximate surface area is 186 Å². The molecule has 0 unspecified atom stereocenters. The van der Waals surface area contributed by atoms with E-state index in [0.29, 0.717) is 23.9 Å². The molecular formula is C27H49NO2. The summed E-state index contributed by atoms with van der Waals surface area (Å²) in [4.78, 5) is 2.59. The van der Waals surface area contributed by atoms with Crippen molar-refractivity contribution in [2.45, 2.75) is 123 Å². The predicted octanol–water partition coefficient (Wildman–Crippen LogP) is 6.11. The number of nitrogens with zero attached hydrogens (tertiary/aromatic N) is 1. The maximum absolute atomic E-state index is 10.5. The first-order valence-electron chi connectivity index (χ1n) is 12.8. The Balaban J connectivity index is 1.76. The highest BCUT2D eigenvalue weighted by Crippen LogP contribution is 2.50. The van der Waals surface area contributed by atoms with Gasteiger partial charge >= 0.3 is 0 Å². The van der Waals surface area contributed by atoms with Crippen LogP contribution in [0.5, 0.6) is 0 Å². The van der Waals surface area contributed by atoms with Crippen molar-refractivity contribution < 1.29 is 10.2 Å². The minimum atomic E-state index is -0.351. The van der Waals surface area contributed by atoms with Crippen molar-refractivity contribution in [2.75, 3.05) is 6.54 Å². The van der Waals surface area contributed by atoms with Gasteiger partial charge in [-0.3, -0.25) is 4.90 Å². The zero-order valence-corrected chi connectivity index (χ0v) is 20.4. The molecule has 0 saturated heterocycles. The molecule has 0 radical (unpaired) electrons. The maximum Gasteiger partial charge on any atom is 0.0721 e. The molecule has 2 N–H and O–H groups in total. The fourth-order valence-corrected chi connectivity index (χ4v) is 5.75. The lowest BCUT2D eigenvalue weighted by atomic mass is 9.90. The standard InChI is InChI=1S/C27H49NO2/c1-6-7-9-13-24(29)14-15-25-26-18-22(17-23(26)19-27(25)30)12-10-8-11-16-28(20(2)3)21(4)5/h12,14-15,20-21,23-27,29-30H,6-11,13,16-19H2,1-5H3/t23-,24-,25+,26-,27+/m0/s1. The Morgan fingerprint density at radius 2 is 1.77 bits per heavy atom. The van der Waals surface area contributed by atoms with Gasteiger partial charge in [-0.15, -0.1) is 0 Å². The van der Waals surface area contributed by atoms with E-state index in [1.165, 1.54) is 45.1 Å². The van der Waals surface area contributed by atoms with Crippen molar-refractivity contribution in [1.29, 1.82) is 0 Å². The summed E-state index contributed by atoms with van der Waals surface area (Å²) in [5.74, 6) is 1.44. The summed E-state index contributed by atoms with van der Waals surface area (Å²) in [6.07, 6.45) is 17.3. The Hall–Kier alpha value is -0.640. The van der Waals surface area contributed by atoms with Crippen LogP contribution in [0.4, 0.5) is 0 Å². The minimum Gasteiger partial charge on any atom is -0.392 e. The number of fused-ring (bicyclic) bond motifs is 1. The van der Waals surface area contributed by atoms with Crippen molar-refractivity contribution in [3.05, 3.63) is 23.8 Å². The molecule has 0 aromatic heterocycles. The third kappa shape index (κ3) is 7.80. The zero-order chi connectivity index (χ0) is 22.1. The number of unbranched alkanes of at least 4 members (excludes halogenated alkanes) is 4. The molecule has 2 rings (SSSR count). The molecule has 0 aliphatic heterocycles. The smallest absolute Gasteiger partial charge is 0.0721 e. The molecule has 0 heterocycles. The Morgan fingerprint density at radius 1 is 1.03 bits per heavy atom. The first-order chi connectivity index (χ1) is 14.3. The van der Waals surface area contributed by atoms with Gasteiger partial charge in [-0.2, -0.15) is 0 Å². The topological polar surface area (TPSA) is 43.7 Å². The normalized spacial score (nSPS) is 29.2. The van der Waals surface area contributed by atoms with Gasteiger partial charge < -0.3 is 10.2 Å². The average molecular weight is 420 g/mol. The van der Waals surface area contributed by atoms with Crippen LogP contribution in [0, 0.1) is 17.8 Å². The lowest BCUT2D eigenvalue weighted by Gasteiger charge is -2.30. The van der Waals surface area contributed by atoms with E-state index >= 15 is 0 Å². The number of aliphatic hydroxyl groups is 2. The summed E-state index contributed by atoms with van der Waals surface area (Å²) in [6, 6.07) is 1.25. The first kappa shape index (κ1) is 25.6. The van der Waals surface area contributed by atoms with Crippen LogP contribution in [0.3, 0.4) is 0 Å². The first-order valence-corrected chi connectivity index (χ1v) is 12.8. The predicted molar refractivity (Wildman–Crippen MR) is 129 cm³/mol. The fourth-order valence-electron chi connectivity index (χ4n) is 5.75. The Bertz CT molecular complexity index is 531. The van der Waals surface area contributed by atoms with Crippen molar-refractivity contribution in [1.82, 2.24) is 4.90 Å². The van der Waals surface area contributed by atoms with Gasteiger partial charge in [0.05, 0.1) is 12.2 Å². The van der Waals surface area contributed by atoms with Gasteiger partial charge in [-0.25, -0.2) is 0 Å². The SMILES string of the molecule is CCCCC[C@H](O)C=C[C@@H]1[C@H]2CC(=CCCCCN(C(C)C)C(C)C)C[C@H]2C[C@H]1O. The van der Waals surface area contributed by atoms with Gasteiger partial charge in [-0.05, 0) is 91.0 Å². The largest absolute Gasteiger partial charge is 0.392 e. The van der Waals surface area contributed by atoms with Crippen LogP contribution in [0.15, 0.2) is 23.8 Å². The van der Waals surface area contributed by atoms with Gasteiger partial charge in [0.25, 0.3) is 0 Å². The molecule has 2 aliphatic carbocycles. The van der Waals surface area contributed by atoms with E-state index in [1.54, 1.807) is 5.57 Å². The van der Waals surface area contributed by atoms with Crippen LogP contribution in [0.25, 0.3) is 0 Å². The molecular weight excluding hydrogens is 370 g/mol. The highest BCUT2D eigenvalue weighted by molar-refractivity contribution is 5.18. The molecule has 0 aromatic rings. The van der Waals surface area contributed by atoms with E-state index in [-0.39, 0.29) is 18.1 Å². The van der Waals surface area contributed by atoms with Gasteiger partial charge in [0, 0.05) is 18.0 Å². The number of aliphatic hydroxyl groups excluding tert-OH is 2. The molecule has 0 aromatic carbocycles. The third-order valence-electron chi connectivity index (χ3n) is 7.40. The van der Waals surface area contributed by atoms with E-state index in [0.717, 1.165) is 25.7 Å². The lowest BCUT2D eigenvalue weighted by Crippen LogP contribution is -2.37. The van der Waals surface area contributed by atoms with Crippen molar-refractivity contribution >= 4 is 0 Å². The van der Waals surface area contributed by atoms with Crippen LogP contribution >= 0.6 is 0 Å². The molecule has 0 amide bonds. The third-order valence-corrected chi connectivity index (χ3v) is 7.40. The van der Waals surface area contributed by atoms with Crippen LogP contribution in [0.2, 0.25) is 0 Å². The number of hydrogen-bond acceptors (Lipinski definition) is 3. The second-order valence-corrected chi connectivity index (χ2v) is 10.4. The Kier molecular flexibility index (Phi) is 11.1. The number of rotatable bonds is 13. The van der Waals surface area contributed by atoms with Crippen molar-refractivity contribution in [3.63, 3.8) is 0 Å². The summed E-state index contributed by atoms with van der Waals surface area (Å²) in [5.41, 5.74) is 1.61. The second-order valence-electron chi connectivity index (χ2n) is 10.4. The highest BCUT2D eigenvalue weighted by Gasteiger charge is 2.44. The summed E-state index contributed by atoms with van der Waals surface area (Å²) in [6.45, 7) is 12.6. The summed E-state index contributed by atoms with van der Waals surface area (Å²) < 4.78 is 0. The summed E-state index contributed by atoms with van der Waals surface area (Å²) in [5, 5.41) is 20.7. The van der Waals surface area contributed by atoms with Gasteiger partial charge in [0.2, 0.25) is 0 Å². The molecule has 5 atom stereocenters. The minimum absolute atomic E-state index is 0.223. The van der Waals surface area contributed by atoms with Crippen LogP contribution < -0.4 is 0 Å². The maximum atomic E-state index is 10.5. The van der Waals surface area contributed by atoms with E-state index in [1.807, 2.05) is 6.08 Å². The van der Waals surface area contributed by atoms with E-state index in [9.17, 15) is 10.2 Å². The quantitative estimate of drug-likeness (QED) is 0.280.